The largest absolute Gasteiger partial charge is 0.309 e. The number of benzene rings is 20. The number of aromatic nitrogens is 11. The van der Waals surface area contributed by atoms with Crippen LogP contribution in [0.5, 0.6) is 0 Å². The van der Waals surface area contributed by atoms with E-state index >= 15 is 0 Å². The van der Waals surface area contributed by atoms with Crippen molar-refractivity contribution in [3.05, 3.63) is 443 Å². The standard InChI is InChI=1S/C122H73N11S/c1-5-28-74(29-6-1)116-125-117(75-30-7-2-8-31-75)127-119(126-116)86-38-26-36-79(67-86)77-34-25-35-78(66-77)80-55-60-93-101(69-80)91-44-15-14-43-90(91)92-59-54-81(70-102(92)93)84-58-65-112-105(73-84)99-62-61-98-94-45-18-24-53-109(94)133(114(98)115(99)134-112)122-129-118(76-32-9-3-10-33-76)128-120(130-122)87-39-27-37-85(68-87)89-42-13-16-48-97(89)113-100-49-17-21-50-106(100)123-121(124-113)132-108-52-23-20-47-96(108)104-72-83(57-64-111(104)132)82-56-63-110-103(71-82)95-46-19-22-51-107(95)131(110)88-40-11-4-12-41-88/h1-73H. The number of para-hydroxylation sites is 5. The van der Waals surface area contributed by atoms with Crippen molar-refractivity contribution in [3.8, 4) is 141 Å². The topological polar surface area (TPSA) is 118 Å². The predicted molar refractivity (Wildman–Crippen MR) is 555 cm³/mol. The quantitative estimate of drug-likeness (QED) is 0.0988. The Morgan fingerprint density at radius 2 is 0.515 bits per heavy atom. The highest BCUT2D eigenvalue weighted by Crippen LogP contribution is 2.48. The zero-order valence-corrected chi connectivity index (χ0v) is 72.8. The Hall–Kier alpha value is -17.8. The molecule has 134 heavy (non-hydrogen) atoms. The Morgan fingerprint density at radius 1 is 0.172 bits per heavy atom. The van der Waals surface area contributed by atoms with Gasteiger partial charge in [0.05, 0.1) is 49.0 Å². The molecule has 0 bridgehead atoms. The van der Waals surface area contributed by atoms with Crippen molar-refractivity contribution in [3.63, 3.8) is 0 Å². The first-order chi connectivity index (χ1) is 66.4. The summed E-state index contributed by atoms with van der Waals surface area (Å²) in [5.74, 6) is 4.10. The van der Waals surface area contributed by atoms with Gasteiger partial charge < -0.3 is 4.57 Å². The summed E-state index contributed by atoms with van der Waals surface area (Å²) in [4.78, 5) is 42.9. The van der Waals surface area contributed by atoms with Crippen molar-refractivity contribution in [2.24, 2.45) is 0 Å². The van der Waals surface area contributed by atoms with Gasteiger partial charge in [-0.2, -0.15) is 9.97 Å². The molecule has 0 aliphatic rings. The van der Waals surface area contributed by atoms with Gasteiger partial charge in [-0.05, 0) is 191 Å². The molecular formula is C122H73N11S. The molecule has 7 aromatic heterocycles. The van der Waals surface area contributed by atoms with Crippen molar-refractivity contribution in [1.82, 2.24) is 53.6 Å². The predicted octanol–water partition coefficient (Wildman–Crippen LogP) is 31.5. The van der Waals surface area contributed by atoms with Gasteiger partial charge >= 0.3 is 0 Å². The summed E-state index contributed by atoms with van der Waals surface area (Å²) in [6.45, 7) is 0. The van der Waals surface area contributed by atoms with Gasteiger partial charge in [0, 0.05) is 92.2 Å². The summed E-state index contributed by atoms with van der Waals surface area (Å²) in [7, 11) is 0. The zero-order valence-electron chi connectivity index (χ0n) is 72.0. The van der Waals surface area contributed by atoms with Gasteiger partial charge in [0.2, 0.25) is 11.9 Å². The molecule has 0 radical (unpaired) electrons. The lowest BCUT2D eigenvalue weighted by molar-refractivity contribution is 0.955. The summed E-state index contributed by atoms with van der Waals surface area (Å²) in [6, 6.07) is 158. The van der Waals surface area contributed by atoms with E-state index in [4.69, 9.17) is 39.9 Å². The minimum Gasteiger partial charge on any atom is -0.309 e. The lowest BCUT2D eigenvalue weighted by Crippen LogP contribution is -2.06. The SMILES string of the molecule is c1ccc(-c2nc(-c3ccccc3)nc(-c3cccc(-c4cccc(-c5ccc6c(c5)c5ccccc5c5ccc(-c7ccc8sc9c(ccc%10c%11ccccc%11n(-c%11nc(-c%12ccccc%12)nc(-c%12cccc(-c%13ccccc%13-c%13nc(-n%14c%15ccccc%15c%15cc(-c%16ccc%17c(c%16)c%16ccccc%16n%17-c%16ccccc%16)ccc%15%14)nc%14ccccc%13%14)c%12)n%11)c%109)c8c7)cc56)c4)c3)n2)cc1. The Morgan fingerprint density at radius 3 is 1.10 bits per heavy atom. The van der Waals surface area contributed by atoms with E-state index in [-0.39, 0.29) is 0 Å². The summed E-state index contributed by atoms with van der Waals surface area (Å²) in [5.41, 5.74) is 25.7. The average molecular weight is 1730 g/mol. The lowest BCUT2D eigenvalue weighted by atomic mass is 9.90. The van der Waals surface area contributed by atoms with E-state index in [9.17, 15) is 0 Å². The van der Waals surface area contributed by atoms with Crippen molar-refractivity contribution < 1.29 is 0 Å². The number of nitrogens with zero attached hydrogens (tertiary/aromatic N) is 11. The second-order valence-electron chi connectivity index (χ2n) is 34.4. The van der Waals surface area contributed by atoms with Crippen LogP contribution in [0.3, 0.4) is 0 Å². The number of hydrogen-bond acceptors (Lipinski definition) is 9. The summed E-state index contributed by atoms with van der Waals surface area (Å²) in [6.07, 6.45) is 0. The first kappa shape index (κ1) is 76.2. The second kappa shape index (κ2) is 31.0. The molecule has 0 N–H and O–H groups in total. The molecule has 20 aromatic carbocycles. The van der Waals surface area contributed by atoms with Crippen LogP contribution in [0.2, 0.25) is 0 Å². The van der Waals surface area contributed by atoms with Crippen LogP contribution in [-0.4, -0.2) is 53.6 Å². The van der Waals surface area contributed by atoms with E-state index in [0.29, 0.717) is 41.0 Å². The summed E-state index contributed by atoms with van der Waals surface area (Å²) < 4.78 is 9.22. The molecule has 0 unspecified atom stereocenters. The van der Waals surface area contributed by atoms with Crippen LogP contribution < -0.4 is 0 Å². The molecule has 0 spiro atoms. The van der Waals surface area contributed by atoms with Gasteiger partial charge in [0.25, 0.3) is 0 Å². The Labute approximate surface area is 772 Å². The van der Waals surface area contributed by atoms with Crippen LogP contribution in [-0.2, 0) is 0 Å². The lowest BCUT2D eigenvalue weighted by Gasteiger charge is -2.15. The molecule has 7 heterocycles. The van der Waals surface area contributed by atoms with E-state index in [0.717, 1.165) is 165 Å². The van der Waals surface area contributed by atoms with Crippen LogP contribution in [0.4, 0.5) is 0 Å². The summed E-state index contributed by atoms with van der Waals surface area (Å²) >= 11 is 1.81. The highest BCUT2D eigenvalue weighted by Gasteiger charge is 2.27. The van der Waals surface area contributed by atoms with Crippen LogP contribution >= 0.6 is 11.3 Å². The molecule has 12 heteroatoms. The number of hydrogen-bond donors (Lipinski definition) is 0. The van der Waals surface area contributed by atoms with E-state index in [1.165, 1.54) is 64.2 Å². The maximum absolute atomic E-state index is 5.71. The minimum absolute atomic E-state index is 0.523. The first-order valence-electron chi connectivity index (χ1n) is 45.2. The summed E-state index contributed by atoms with van der Waals surface area (Å²) in [5, 5.41) is 17.4. The highest BCUT2D eigenvalue weighted by molar-refractivity contribution is 7.26. The van der Waals surface area contributed by atoms with Crippen molar-refractivity contribution in [1.29, 1.82) is 0 Å². The van der Waals surface area contributed by atoms with Crippen LogP contribution in [0, 0.1) is 0 Å². The van der Waals surface area contributed by atoms with E-state index < -0.39 is 0 Å². The minimum atomic E-state index is 0.523. The molecule has 0 saturated carbocycles. The fourth-order valence-corrected chi connectivity index (χ4v) is 21.7. The Bertz CT molecular complexity index is 9470. The van der Waals surface area contributed by atoms with Gasteiger partial charge in [-0.3, -0.25) is 9.13 Å². The van der Waals surface area contributed by atoms with Gasteiger partial charge in [-0.1, -0.05) is 340 Å². The van der Waals surface area contributed by atoms with Crippen molar-refractivity contribution >= 4 is 140 Å². The maximum atomic E-state index is 5.71. The fraction of sp³-hybridized carbons (Fsp3) is 0. The molecule has 622 valence electrons. The smallest absolute Gasteiger partial charge is 0.238 e. The Kier molecular flexibility index (Phi) is 17.6. The molecule has 0 amide bonds. The molecular weight excluding hydrogens is 1650 g/mol. The molecule has 0 fully saturated rings. The number of thiophene rings is 1. The second-order valence-corrected chi connectivity index (χ2v) is 35.5. The Balaban J connectivity index is 0.538. The van der Waals surface area contributed by atoms with Crippen molar-refractivity contribution in [2.45, 2.75) is 0 Å². The van der Waals surface area contributed by atoms with Crippen LogP contribution in [0.15, 0.2) is 443 Å². The maximum Gasteiger partial charge on any atom is 0.238 e. The van der Waals surface area contributed by atoms with Gasteiger partial charge in [-0.15, -0.1) is 11.3 Å². The third-order valence-electron chi connectivity index (χ3n) is 26.7. The van der Waals surface area contributed by atoms with E-state index in [2.05, 4.69) is 378 Å². The van der Waals surface area contributed by atoms with Crippen LogP contribution in [0.1, 0.15) is 0 Å². The molecule has 0 atom stereocenters. The van der Waals surface area contributed by atoms with E-state index in [1.807, 2.05) is 90.2 Å². The van der Waals surface area contributed by atoms with Gasteiger partial charge in [0.15, 0.2) is 29.1 Å². The number of rotatable bonds is 14. The van der Waals surface area contributed by atoms with E-state index in [1.54, 1.807) is 0 Å². The monoisotopic (exact) mass is 1720 g/mol. The molecule has 27 aromatic rings. The zero-order chi connectivity index (χ0) is 88.0. The molecule has 0 aliphatic carbocycles. The van der Waals surface area contributed by atoms with Crippen LogP contribution in [0.25, 0.3) is 270 Å². The molecule has 11 nitrogen and oxygen atoms in total. The first-order valence-corrected chi connectivity index (χ1v) is 46.0. The molecule has 27 rings (SSSR count). The average Bonchev–Trinajstić information content (AvgIpc) is 1.51. The third kappa shape index (κ3) is 12.6. The molecule has 0 saturated heterocycles. The van der Waals surface area contributed by atoms with Gasteiger partial charge in [-0.25, -0.2) is 29.9 Å². The molecule has 0 aliphatic heterocycles. The third-order valence-corrected chi connectivity index (χ3v) is 27.9. The highest BCUT2D eigenvalue weighted by atomic mass is 32.1. The fourth-order valence-electron chi connectivity index (χ4n) is 20.5. The normalized spacial score (nSPS) is 11.9. The van der Waals surface area contributed by atoms with Crippen molar-refractivity contribution in [2.75, 3.05) is 0 Å². The number of fused-ring (bicyclic) bond motifs is 20. The van der Waals surface area contributed by atoms with Gasteiger partial charge in [0.1, 0.15) is 0 Å².